The number of furan rings is 1. The summed E-state index contributed by atoms with van der Waals surface area (Å²) in [6.07, 6.45) is 2.54. The predicted octanol–water partition coefficient (Wildman–Crippen LogP) is 3.64. The summed E-state index contributed by atoms with van der Waals surface area (Å²) < 4.78 is 12.7. The van der Waals surface area contributed by atoms with Gasteiger partial charge >= 0.3 is 0 Å². The molecule has 0 fully saturated rings. The van der Waals surface area contributed by atoms with Crippen LogP contribution < -0.4 is 15.6 Å². The predicted molar refractivity (Wildman–Crippen MR) is 104 cm³/mol. The molecule has 0 saturated heterocycles. The van der Waals surface area contributed by atoms with E-state index in [0.29, 0.717) is 42.0 Å². The summed E-state index contributed by atoms with van der Waals surface area (Å²) in [7, 11) is 0. The first-order chi connectivity index (χ1) is 13.0. The fourth-order valence-corrected chi connectivity index (χ4v) is 3.14. The molecular weight excluding hydrogens is 344 g/mol. The molecule has 2 aromatic heterocycles. The Balaban J connectivity index is 1.87. The molecule has 0 unspecified atom stereocenters. The van der Waals surface area contributed by atoms with Crippen molar-refractivity contribution in [1.82, 2.24) is 9.88 Å². The van der Waals surface area contributed by atoms with Crippen molar-refractivity contribution in [2.75, 3.05) is 6.61 Å². The molecule has 0 aliphatic rings. The molecule has 0 radical (unpaired) electrons. The largest absolute Gasteiger partial charge is 0.494 e. The summed E-state index contributed by atoms with van der Waals surface area (Å²) >= 11 is 0. The monoisotopic (exact) mass is 368 g/mol. The van der Waals surface area contributed by atoms with Crippen molar-refractivity contribution >= 4 is 16.9 Å². The fourth-order valence-electron chi connectivity index (χ4n) is 3.14. The Morgan fingerprint density at radius 3 is 2.81 bits per heavy atom. The molecule has 0 saturated carbocycles. The first kappa shape index (κ1) is 18.8. The Bertz CT molecular complexity index is 1020. The lowest BCUT2D eigenvalue weighted by Crippen LogP contribution is -2.26. The van der Waals surface area contributed by atoms with Crippen molar-refractivity contribution in [2.24, 2.45) is 0 Å². The Morgan fingerprint density at radius 2 is 2.07 bits per heavy atom. The van der Waals surface area contributed by atoms with E-state index in [0.717, 1.165) is 17.7 Å². The summed E-state index contributed by atoms with van der Waals surface area (Å²) in [5.74, 6) is 0.882. The van der Waals surface area contributed by atoms with Crippen molar-refractivity contribution in [3.05, 3.63) is 63.8 Å². The third-order valence-electron chi connectivity index (χ3n) is 4.35. The minimum Gasteiger partial charge on any atom is -0.494 e. The fraction of sp³-hybridized carbons (Fsp3) is 0.333. The van der Waals surface area contributed by atoms with Gasteiger partial charge in [-0.3, -0.25) is 9.59 Å². The van der Waals surface area contributed by atoms with E-state index in [1.807, 2.05) is 38.1 Å². The summed E-state index contributed by atoms with van der Waals surface area (Å²) in [4.78, 5) is 25.5. The molecule has 0 spiro atoms. The Hall–Kier alpha value is -3.02. The van der Waals surface area contributed by atoms with Crippen LogP contribution in [0.4, 0.5) is 0 Å². The zero-order chi connectivity index (χ0) is 19.4. The number of benzene rings is 1. The quantitative estimate of drug-likeness (QED) is 0.691. The number of pyridine rings is 1. The molecule has 0 atom stereocenters. The zero-order valence-corrected chi connectivity index (χ0v) is 15.9. The molecule has 0 aliphatic carbocycles. The summed E-state index contributed by atoms with van der Waals surface area (Å²) in [5.41, 5.74) is 1.47. The standard InChI is InChI=1S/C21H24N2O4/c1-4-10-23-11-9-17-19(21(23)25)18(14(3)27-17)20(24)22-13-15-7-6-8-16(12-15)26-5-2/h6-9,11-12H,4-5,10,13H2,1-3H3,(H,22,24). The number of carbonyl (C=O) groups excluding carboxylic acids is 1. The second kappa shape index (κ2) is 8.12. The molecule has 0 aliphatic heterocycles. The van der Waals surface area contributed by atoms with Crippen LogP contribution in [-0.2, 0) is 13.1 Å². The van der Waals surface area contributed by atoms with Crippen LogP contribution in [0, 0.1) is 6.92 Å². The molecule has 6 heteroatoms. The lowest BCUT2D eigenvalue weighted by molar-refractivity contribution is 0.0950. The van der Waals surface area contributed by atoms with Crippen LogP contribution >= 0.6 is 0 Å². The first-order valence-corrected chi connectivity index (χ1v) is 9.17. The van der Waals surface area contributed by atoms with Crippen LogP contribution in [0.1, 0.15) is 41.9 Å². The molecule has 6 nitrogen and oxygen atoms in total. The third-order valence-corrected chi connectivity index (χ3v) is 4.35. The summed E-state index contributed by atoms with van der Waals surface area (Å²) in [5, 5.41) is 3.22. The molecular formula is C21H24N2O4. The molecule has 3 rings (SSSR count). The number of nitrogens with one attached hydrogen (secondary N) is 1. The third kappa shape index (κ3) is 3.89. The van der Waals surface area contributed by atoms with E-state index in [-0.39, 0.29) is 11.5 Å². The molecule has 2 heterocycles. The Kier molecular flexibility index (Phi) is 5.64. The van der Waals surface area contributed by atoms with Crippen molar-refractivity contribution in [2.45, 2.75) is 40.3 Å². The van der Waals surface area contributed by atoms with Gasteiger partial charge in [0.15, 0.2) is 0 Å². The number of hydrogen-bond acceptors (Lipinski definition) is 4. The number of rotatable bonds is 7. The van der Waals surface area contributed by atoms with Gasteiger partial charge in [-0.15, -0.1) is 0 Å². The van der Waals surface area contributed by atoms with Crippen molar-refractivity contribution in [1.29, 1.82) is 0 Å². The van der Waals surface area contributed by atoms with Gasteiger partial charge in [0.05, 0.1) is 17.6 Å². The van der Waals surface area contributed by atoms with Crippen molar-refractivity contribution in [3.8, 4) is 5.75 Å². The number of amides is 1. The lowest BCUT2D eigenvalue weighted by Gasteiger charge is -2.08. The van der Waals surface area contributed by atoms with E-state index in [4.69, 9.17) is 9.15 Å². The highest BCUT2D eigenvalue weighted by Crippen LogP contribution is 2.22. The number of fused-ring (bicyclic) bond motifs is 1. The van der Waals surface area contributed by atoms with E-state index in [1.54, 1.807) is 23.8 Å². The number of aryl methyl sites for hydroxylation is 2. The van der Waals surface area contributed by atoms with Crippen molar-refractivity contribution in [3.63, 3.8) is 0 Å². The number of nitrogens with zero attached hydrogens (tertiary/aromatic N) is 1. The SMILES string of the molecule is CCCn1ccc2oc(C)c(C(=O)NCc3cccc(OCC)c3)c2c1=O. The van der Waals surface area contributed by atoms with Gasteiger partial charge < -0.3 is 19.0 Å². The van der Waals surface area contributed by atoms with Crippen molar-refractivity contribution < 1.29 is 13.9 Å². The van der Waals surface area contributed by atoms with Crippen LogP contribution in [0.3, 0.4) is 0 Å². The van der Waals surface area contributed by atoms with Gasteiger partial charge in [-0.05, 0) is 44.0 Å². The highest BCUT2D eigenvalue weighted by Gasteiger charge is 2.21. The normalized spacial score (nSPS) is 10.9. The number of hydrogen-bond donors (Lipinski definition) is 1. The molecule has 0 bridgehead atoms. The van der Waals surface area contributed by atoms with Gasteiger partial charge in [-0.2, -0.15) is 0 Å². The zero-order valence-electron chi connectivity index (χ0n) is 15.9. The maximum absolute atomic E-state index is 12.8. The smallest absolute Gasteiger partial charge is 0.262 e. The van der Waals surface area contributed by atoms with Gasteiger partial charge in [-0.25, -0.2) is 0 Å². The summed E-state index contributed by atoms with van der Waals surface area (Å²) in [6.45, 7) is 7.15. The van der Waals surface area contributed by atoms with Crippen LogP contribution in [-0.4, -0.2) is 17.1 Å². The molecule has 27 heavy (non-hydrogen) atoms. The topological polar surface area (TPSA) is 73.5 Å². The molecule has 1 N–H and O–H groups in total. The highest BCUT2D eigenvalue weighted by molar-refractivity contribution is 6.06. The van der Waals surface area contributed by atoms with Crippen LogP contribution in [0.15, 0.2) is 45.7 Å². The van der Waals surface area contributed by atoms with Gasteiger partial charge in [0.25, 0.3) is 11.5 Å². The molecule has 142 valence electrons. The lowest BCUT2D eigenvalue weighted by atomic mass is 10.1. The second-order valence-electron chi connectivity index (χ2n) is 6.35. The first-order valence-electron chi connectivity index (χ1n) is 9.17. The van der Waals surface area contributed by atoms with Gasteiger partial charge in [-0.1, -0.05) is 19.1 Å². The van der Waals surface area contributed by atoms with Crippen LogP contribution in [0.5, 0.6) is 5.75 Å². The Labute approximate surface area is 157 Å². The van der Waals surface area contributed by atoms with E-state index >= 15 is 0 Å². The van der Waals surface area contributed by atoms with Crippen LogP contribution in [0.25, 0.3) is 11.0 Å². The van der Waals surface area contributed by atoms with Gasteiger partial charge in [0.2, 0.25) is 0 Å². The number of ether oxygens (including phenoxy) is 1. The van der Waals surface area contributed by atoms with E-state index < -0.39 is 0 Å². The molecule has 1 amide bonds. The highest BCUT2D eigenvalue weighted by atomic mass is 16.5. The van der Waals surface area contributed by atoms with E-state index in [2.05, 4.69) is 5.32 Å². The second-order valence-corrected chi connectivity index (χ2v) is 6.35. The average molecular weight is 368 g/mol. The minimum atomic E-state index is -0.320. The van der Waals surface area contributed by atoms with Gasteiger partial charge in [0.1, 0.15) is 17.1 Å². The number of carbonyl (C=O) groups is 1. The summed E-state index contributed by atoms with van der Waals surface area (Å²) in [6, 6.07) is 9.30. The van der Waals surface area contributed by atoms with E-state index in [1.165, 1.54) is 0 Å². The maximum atomic E-state index is 12.8. The number of aromatic nitrogens is 1. The minimum absolute atomic E-state index is 0.199. The van der Waals surface area contributed by atoms with Gasteiger partial charge in [0, 0.05) is 19.3 Å². The van der Waals surface area contributed by atoms with E-state index in [9.17, 15) is 9.59 Å². The Morgan fingerprint density at radius 1 is 1.26 bits per heavy atom. The molecule has 3 aromatic rings. The van der Waals surface area contributed by atoms with Crippen LogP contribution in [0.2, 0.25) is 0 Å². The average Bonchev–Trinajstić information content (AvgIpc) is 3.00. The molecule has 1 aromatic carbocycles. The maximum Gasteiger partial charge on any atom is 0.262 e.